The molecule has 2 aromatic carbocycles. The average Bonchev–Trinajstić information content (AvgIpc) is 2.40. The van der Waals surface area contributed by atoms with E-state index >= 15 is 0 Å². The van der Waals surface area contributed by atoms with Gasteiger partial charge in [-0.3, -0.25) is 0 Å². The van der Waals surface area contributed by atoms with Crippen LogP contribution in [-0.2, 0) is 5.41 Å². The van der Waals surface area contributed by atoms with Gasteiger partial charge in [-0.15, -0.1) is 0 Å². The van der Waals surface area contributed by atoms with Gasteiger partial charge in [-0.1, -0.05) is 37.3 Å². The van der Waals surface area contributed by atoms with Gasteiger partial charge in [-0.2, -0.15) is 0 Å². The molecule has 0 saturated carbocycles. The van der Waals surface area contributed by atoms with Crippen LogP contribution in [0.2, 0.25) is 0 Å². The van der Waals surface area contributed by atoms with E-state index in [1.807, 2.05) is 6.07 Å². The topological polar surface area (TPSA) is 38.0 Å². The predicted octanol–water partition coefficient (Wildman–Crippen LogP) is 4.17. The van der Waals surface area contributed by atoms with E-state index < -0.39 is 0 Å². The smallest absolute Gasteiger partial charge is 0.0387 e. The SMILES string of the molecule is CC1(C)CC(C)(c2ccccc2)c2cc(N)ccc2N1. The molecule has 0 radical (unpaired) electrons. The molecule has 3 rings (SSSR count). The monoisotopic (exact) mass is 266 g/mol. The van der Waals surface area contributed by atoms with E-state index in [1.54, 1.807) is 0 Å². The maximum Gasteiger partial charge on any atom is 0.0387 e. The maximum atomic E-state index is 6.02. The summed E-state index contributed by atoms with van der Waals surface area (Å²) in [5.74, 6) is 0. The van der Waals surface area contributed by atoms with Gasteiger partial charge in [0.15, 0.2) is 0 Å². The molecule has 0 aliphatic carbocycles. The Hall–Kier alpha value is -1.96. The predicted molar refractivity (Wildman–Crippen MR) is 86.1 cm³/mol. The number of nitrogens with one attached hydrogen (secondary N) is 1. The van der Waals surface area contributed by atoms with Crippen molar-refractivity contribution >= 4 is 11.4 Å². The van der Waals surface area contributed by atoms with Crippen molar-refractivity contribution in [3.8, 4) is 0 Å². The van der Waals surface area contributed by atoms with Crippen LogP contribution < -0.4 is 11.1 Å². The number of rotatable bonds is 1. The minimum Gasteiger partial charge on any atom is -0.399 e. The van der Waals surface area contributed by atoms with Crippen LogP contribution in [0.1, 0.15) is 38.3 Å². The third-order valence-corrected chi connectivity index (χ3v) is 4.32. The first-order valence-electron chi connectivity index (χ1n) is 7.14. The molecule has 2 nitrogen and oxygen atoms in total. The molecule has 0 aromatic heterocycles. The summed E-state index contributed by atoms with van der Waals surface area (Å²) in [4.78, 5) is 0. The molecule has 1 aliphatic rings. The number of nitrogen functional groups attached to an aromatic ring is 1. The summed E-state index contributed by atoms with van der Waals surface area (Å²) < 4.78 is 0. The highest BCUT2D eigenvalue weighted by Gasteiger charge is 2.41. The van der Waals surface area contributed by atoms with E-state index in [4.69, 9.17) is 5.73 Å². The normalized spacial score (nSPS) is 23.8. The van der Waals surface area contributed by atoms with Crippen molar-refractivity contribution in [1.29, 1.82) is 0 Å². The number of hydrogen-bond acceptors (Lipinski definition) is 2. The zero-order valence-corrected chi connectivity index (χ0v) is 12.4. The fourth-order valence-corrected chi connectivity index (χ4v) is 3.58. The minimum atomic E-state index is -0.0132. The van der Waals surface area contributed by atoms with Gasteiger partial charge in [0.2, 0.25) is 0 Å². The molecule has 0 saturated heterocycles. The lowest BCUT2D eigenvalue weighted by molar-refractivity contribution is 0.378. The van der Waals surface area contributed by atoms with Crippen LogP contribution in [0, 0.1) is 0 Å². The molecule has 2 aromatic rings. The fourth-order valence-electron chi connectivity index (χ4n) is 3.58. The van der Waals surface area contributed by atoms with Gasteiger partial charge >= 0.3 is 0 Å². The third-order valence-electron chi connectivity index (χ3n) is 4.32. The number of hydrogen-bond donors (Lipinski definition) is 2. The van der Waals surface area contributed by atoms with E-state index in [9.17, 15) is 0 Å². The second-order valence-corrected chi connectivity index (χ2v) is 6.69. The van der Waals surface area contributed by atoms with E-state index in [0.29, 0.717) is 0 Å². The summed E-state index contributed by atoms with van der Waals surface area (Å²) in [7, 11) is 0. The largest absolute Gasteiger partial charge is 0.399 e. The summed E-state index contributed by atoms with van der Waals surface area (Å²) in [5.41, 5.74) is 10.7. The Morgan fingerprint density at radius 3 is 2.40 bits per heavy atom. The number of nitrogens with two attached hydrogens (primary N) is 1. The Bertz CT molecular complexity index is 631. The maximum absolute atomic E-state index is 6.02. The quantitative estimate of drug-likeness (QED) is 0.760. The molecule has 1 atom stereocenters. The Morgan fingerprint density at radius 2 is 1.70 bits per heavy atom. The molecular weight excluding hydrogens is 244 g/mol. The van der Waals surface area contributed by atoms with Crippen molar-refractivity contribution in [3.05, 3.63) is 59.7 Å². The second kappa shape index (κ2) is 4.27. The van der Waals surface area contributed by atoms with E-state index in [1.165, 1.54) is 16.8 Å². The zero-order chi connectivity index (χ0) is 14.4. The van der Waals surface area contributed by atoms with Crippen LogP contribution >= 0.6 is 0 Å². The molecule has 20 heavy (non-hydrogen) atoms. The van der Waals surface area contributed by atoms with Gasteiger partial charge < -0.3 is 11.1 Å². The van der Waals surface area contributed by atoms with Crippen LogP contribution in [0.3, 0.4) is 0 Å². The molecule has 0 bridgehead atoms. The minimum absolute atomic E-state index is 0.0132. The van der Waals surface area contributed by atoms with Gasteiger partial charge in [0.05, 0.1) is 0 Å². The first-order valence-corrected chi connectivity index (χ1v) is 7.14. The second-order valence-electron chi connectivity index (χ2n) is 6.69. The molecule has 0 amide bonds. The molecule has 1 unspecified atom stereocenters. The van der Waals surface area contributed by atoms with Gasteiger partial charge in [0, 0.05) is 22.3 Å². The van der Waals surface area contributed by atoms with Crippen LogP contribution in [0.25, 0.3) is 0 Å². The lowest BCUT2D eigenvalue weighted by Gasteiger charge is -2.46. The fraction of sp³-hybridized carbons (Fsp3) is 0.333. The summed E-state index contributed by atoms with van der Waals surface area (Å²) in [6.07, 6.45) is 1.04. The summed E-state index contributed by atoms with van der Waals surface area (Å²) >= 11 is 0. The zero-order valence-electron chi connectivity index (χ0n) is 12.4. The number of fused-ring (bicyclic) bond motifs is 1. The molecular formula is C18H22N2. The van der Waals surface area contributed by atoms with Gasteiger partial charge in [-0.25, -0.2) is 0 Å². The Kier molecular flexibility index (Phi) is 2.79. The van der Waals surface area contributed by atoms with Crippen molar-refractivity contribution < 1.29 is 0 Å². The highest BCUT2D eigenvalue weighted by molar-refractivity contribution is 5.66. The number of anilines is 2. The van der Waals surface area contributed by atoms with Crippen molar-refractivity contribution in [3.63, 3.8) is 0 Å². The first-order chi connectivity index (χ1) is 9.41. The third kappa shape index (κ3) is 2.05. The van der Waals surface area contributed by atoms with Crippen LogP contribution in [-0.4, -0.2) is 5.54 Å². The Balaban J connectivity index is 2.23. The average molecular weight is 266 g/mol. The van der Waals surface area contributed by atoms with Crippen LogP contribution in [0.15, 0.2) is 48.5 Å². The standard InChI is InChI=1S/C18H22N2/c1-17(2)12-18(3,13-7-5-4-6-8-13)15-11-14(19)9-10-16(15)20-17/h4-11,20H,12,19H2,1-3H3. The molecule has 1 aliphatic heterocycles. The lowest BCUT2D eigenvalue weighted by atomic mass is 9.66. The summed E-state index contributed by atoms with van der Waals surface area (Å²) in [6, 6.07) is 16.9. The summed E-state index contributed by atoms with van der Waals surface area (Å²) in [6.45, 7) is 6.84. The van der Waals surface area contributed by atoms with E-state index in [0.717, 1.165) is 12.1 Å². The lowest BCUT2D eigenvalue weighted by Crippen LogP contribution is -2.45. The summed E-state index contributed by atoms with van der Waals surface area (Å²) in [5, 5.41) is 3.63. The highest BCUT2D eigenvalue weighted by Crippen LogP contribution is 2.47. The first kappa shape index (κ1) is 13.0. The van der Waals surface area contributed by atoms with Gasteiger partial charge in [0.1, 0.15) is 0 Å². The van der Waals surface area contributed by atoms with E-state index in [2.05, 4.69) is 68.6 Å². The molecule has 2 heteroatoms. The van der Waals surface area contributed by atoms with Crippen LogP contribution in [0.4, 0.5) is 11.4 Å². The highest BCUT2D eigenvalue weighted by atomic mass is 15.0. The van der Waals surface area contributed by atoms with Crippen molar-refractivity contribution in [2.75, 3.05) is 11.1 Å². The van der Waals surface area contributed by atoms with Crippen molar-refractivity contribution in [1.82, 2.24) is 0 Å². The molecule has 0 fully saturated rings. The molecule has 1 heterocycles. The number of benzene rings is 2. The van der Waals surface area contributed by atoms with Crippen molar-refractivity contribution in [2.45, 2.75) is 38.1 Å². The van der Waals surface area contributed by atoms with Gasteiger partial charge in [-0.05, 0) is 49.6 Å². The molecule has 3 N–H and O–H groups in total. The van der Waals surface area contributed by atoms with Gasteiger partial charge in [0.25, 0.3) is 0 Å². The Morgan fingerprint density at radius 1 is 1.00 bits per heavy atom. The molecule has 0 spiro atoms. The van der Waals surface area contributed by atoms with E-state index in [-0.39, 0.29) is 11.0 Å². The Labute approximate surface area is 121 Å². The van der Waals surface area contributed by atoms with Crippen LogP contribution in [0.5, 0.6) is 0 Å². The molecule has 104 valence electrons. The van der Waals surface area contributed by atoms with Crippen molar-refractivity contribution in [2.24, 2.45) is 0 Å².